The Morgan fingerprint density at radius 3 is 2.64 bits per heavy atom. The van der Waals surface area contributed by atoms with Gasteiger partial charge in [0, 0.05) is 0 Å². The summed E-state index contributed by atoms with van der Waals surface area (Å²) in [6, 6.07) is 3.35. The van der Waals surface area contributed by atoms with Crippen LogP contribution in [0.4, 0.5) is 0 Å². The van der Waals surface area contributed by atoms with Gasteiger partial charge in [-0.05, 0) is 18.1 Å². The third kappa shape index (κ3) is 1.82. The zero-order valence-corrected chi connectivity index (χ0v) is 8.76. The van der Waals surface area contributed by atoms with Gasteiger partial charge < -0.3 is 9.84 Å². The molecule has 0 radical (unpaired) electrons. The number of carboxylic acids is 1. The fraction of sp³-hybridized carbons (Fsp3) is 0.300. The lowest BCUT2D eigenvalue weighted by atomic mass is 10.1. The van der Waals surface area contributed by atoms with Crippen LogP contribution in [0.25, 0.3) is 0 Å². The van der Waals surface area contributed by atoms with Gasteiger partial charge >= 0.3 is 5.97 Å². The first-order chi connectivity index (χ1) is 6.61. The molecule has 1 aromatic carbocycles. The molecule has 0 bridgehead atoms. The Labute approximate surface area is 87.3 Å². The minimum Gasteiger partial charge on any atom is -0.496 e. The maximum Gasteiger partial charge on any atom is 0.341 e. The normalized spacial score (nSPS) is 9.93. The molecular weight excluding hydrogens is 204 g/mol. The second-order valence-corrected chi connectivity index (χ2v) is 3.18. The van der Waals surface area contributed by atoms with Crippen LogP contribution in [0.2, 0.25) is 5.02 Å². The second-order valence-electron chi connectivity index (χ2n) is 2.77. The third-order valence-electron chi connectivity index (χ3n) is 1.99. The van der Waals surface area contributed by atoms with Crippen LogP contribution in [-0.4, -0.2) is 18.2 Å². The van der Waals surface area contributed by atoms with E-state index in [1.165, 1.54) is 7.11 Å². The molecule has 0 unspecified atom stereocenters. The molecule has 0 aliphatic heterocycles. The fourth-order valence-corrected chi connectivity index (χ4v) is 1.54. The Morgan fingerprint density at radius 2 is 2.21 bits per heavy atom. The Morgan fingerprint density at radius 1 is 1.57 bits per heavy atom. The Balaban J connectivity index is 3.42. The maximum absolute atomic E-state index is 10.9. The van der Waals surface area contributed by atoms with Crippen molar-refractivity contribution in [3.8, 4) is 5.75 Å². The predicted octanol–water partition coefficient (Wildman–Crippen LogP) is 2.61. The number of halogens is 1. The molecule has 14 heavy (non-hydrogen) atoms. The zero-order chi connectivity index (χ0) is 10.7. The van der Waals surface area contributed by atoms with Gasteiger partial charge in [-0.2, -0.15) is 0 Å². The van der Waals surface area contributed by atoms with E-state index >= 15 is 0 Å². The molecule has 0 amide bonds. The highest BCUT2D eigenvalue weighted by atomic mass is 35.5. The van der Waals surface area contributed by atoms with Crippen molar-refractivity contribution in [3.63, 3.8) is 0 Å². The quantitative estimate of drug-likeness (QED) is 0.842. The SMILES string of the molecule is CCc1ccc(Cl)c(C(=O)O)c1OC. The number of aryl methyl sites for hydroxylation is 1. The average Bonchev–Trinajstić information content (AvgIpc) is 2.16. The Hall–Kier alpha value is -1.22. The van der Waals surface area contributed by atoms with Crippen molar-refractivity contribution in [3.05, 3.63) is 28.3 Å². The van der Waals surface area contributed by atoms with Gasteiger partial charge in [-0.1, -0.05) is 24.6 Å². The van der Waals surface area contributed by atoms with Crippen molar-refractivity contribution in [1.29, 1.82) is 0 Å². The first-order valence-corrected chi connectivity index (χ1v) is 4.58. The lowest BCUT2D eigenvalue weighted by Gasteiger charge is -2.10. The van der Waals surface area contributed by atoms with Gasteiger partial charge in [0.15, 0.2) is 0 Å². The lowest BCUT2D eigenvalue weighted by Crippen LogP contribution is -2.04. The summed E-state index contributed by atoms with van der Waals surface area (Å²) in [6.07, 6.45) is 0.709. The molecule has 0 aliphatic rings. The van der Waals surface area contributed by atoms with Gasteiger partial charge in [-0.3, -0.25) is 0 Å². The molecule has 76 valence electrons. The summed E-state index contributed by atoms with van der Waals surface area (Å²) in [7, 11) is 1.44. The van der Waals surface area contributed by atoms with Crippen LogP contribution in [0.3, 0.4) is 0 Å². The third-order valence-corrected chi connectivity index (χ3v) is 2.30. The van der Waals surface area contributed by atoms with Gasteiger partial charge in [0.05, 0.1) is 12.1 Å². The van der Waals surface area contributed by atoms with E-state index in [-0.39, 0.29) is 10.6 Å². The molecule has 0 heterocycles. The molecule has 0 fully saturated rings. The molecule has 0 atom stereocenters. The molecule has 1 rings (SSSR count). The van der Waals surface area contributed by atoms with Crippen molar-refractivity contribution in [1.82, 2.24) is 0 Å². The van der Waals surface area contributed by atoms with Crippen LogP contribution < -0.4 is 4.74 Å². The lowest BCUT2D eigenvalue weighted by molar-refractivity contribution is 0.0693. The molecule has 0 aromatic heterocycles. The van der Waals surface area contributed by atoms with Crippen LogP contribution in [0.15, 0.2) is 12.1 Å². The monoisotopic (exact) mass is 214 g/mol. The van der Waals surface area contributed by atoms with E-state index in [0.717, 1.165) is 5.56 Å². The van der Waals surface area contributed by atoms with Crippen molar-refractivity contribution in [2.45, 2.75) is 13.3 Å². The second kappa shape index (κ2) is 4.33. The molecule has 0 spiro atoms. The summed E-state index contributed by atoms with van der Waals surface area (Å²) in [5.74, 6) is -0.713. The standard InChI is InChI=1S/C10H11ClO3/c1-3-6-4-5-7(11)8(10(12)13)9(6)14-2/h4-5H,3H2,1-2H3,(H,12,13). The molecule has 0 aliphatic carbocycles. The first kappa shape index (κ1) is 10.9. The average molecular weight is 215 g/mol. The van der Waals surface area contributed by atoms with Crippen molar-refractivity contribution in [2.24, 2.45) is 0 Å². The Kier molecular flexibility index (Phi) is 3.36. The van der Waals surface area contributed by atoms with E-state index in [1.54, 1.807) is 12.1 Å². The molecule has 4 heteroatoms. The van der Waals surface area contributed by atoms with E-state index in [4.69, 9.17) is 21.4 Å². The number of carbonyl (C=O) groups is 1. The van der Waals surface area contributed by atoms with Gasteiger partial charge in [0.25, 0.3) is 0 Å². The highest BCUT2D eigenvalue weighted by Gasteiger charge is 2.17. The minimum absolute atomic E-state index is 0.0357. The van der Waals surface area contributed by atoms with Crippen molar-refractivity contribution in [2.75, 3.05) is 7.11 Å². The number of methoxy groups -OCH3 is 1. The number of aromatic carboxylic acids is 1. The summed E-state index contributed by atoms with van der Waals surface area (Å²) < 4.78 is 5.04. The summed E-state index contributed by atoms with van der Waals surface area (Å²) in [6.45, 7) is 1.93. The summed E-state index contributed by atoms with van der Waals surface area (Å²) in [5, 5.41) is 9.13. The smallest absolute Gasteiger partial charge is 0.341 e. The number of carboxylic acid groups (broad SMARTS) is 1. The number of rotatable bonds is 3. The Bertz CT molecular complexity index is 361. The van der Waals surface area contributed by atoms with Gasteiger partial charge in [0.2, 0.25) is 0 Å². The van der Waals surface area contributed by atoms with Crippen LogP contribution in [0.1, 0.15) is 22.8 Å². The number of ether oxygens (including phenoxy) is 1. The topological polar surface area (TPSA) is 46.5 Å². The van der Waals surface area contributed by atoms with E-state index in [9.17, 15) is 4.79 Å². The first-order valence-electron chi connectivity index (χ1n) is 4.20. The zero-order valence-electron chi connectivity index (χ0n) is 8.00. The van der Waals surface area contributed by atoms with Crippen LogP contribution >= 0.6 is 11.6 Å². The molecule has 3 nitrogen and oxygen atoms in total. The predicted molar refractivity (Wildman–Crippen MR) is 54.3 cm³/mol. The van der Waals surface area contributed by atoms with Crippen LogP contribution in [0.5, 0.6) is 5.75 Å². The summed E-state index contributed by atoms with van der Waals surface area (Å²) in [5.41, 5.74) is 0.878. The maximum atomic E-state index is 10.9. The van der Waals surface area contributed by atoms with Crippen molar-refractivity contribution < 1.29 is 14.6 Å². The highest BCUT2D eigenvalue weighted by molar-refractivity contribution is 6.34. The summed E-state index contributed by atoms with van der Waals surface area (Å²) in [4.78, 5) is 10.9. The fourth-order valence-electron chi connectivity index (χ4n) is 1.31. The van der Waals surface area contributed by atoms with Crippen molar-refractivity contribution >= 4 is 17.6 Å². The molecule has 0 saturated carbocycles. The van der Waals surface area contributed by atoms with E-state index in [2.05, 4.69) is 0 Å². The number of benzene rings is 1. The largest absolute Gasteiger partial charge is 0.496 e. The van der Waals surface area contributed by atoms with E-state index < -0.39 is 5.97 Å². The number of hydrogen-bond donors (Lipinski definition) is 1. The molecule has 1 N–H and O–H groups in total. The highest BCUT2D eigenvalue weighted by Crippen LogP contribution is 2.30. The number of hydrogen-bond acceptors (Lipinski definition) is 2. The summed E-state index contributed by atoms with van der Waals surface area (Å²) >= 11 is 5.77. The van der Waals surface area contributed by atoms with Gasteiger partial charge in [-0.25, -0.2) is 4.79 Å². The van der Waals surface area contributed by atoms with Crippen LogP contribution in [0, 0.1) is 0 Å². The van der Waals surface area contributed by atoms with Gasteiger partial charge in [0.1, 0.15) is 11.3 Å². The van der Waals surface area contributed by atoms with Crippen LogP contribution in [-0.2, 0) is 6.42 Å². The molecular formula is C10H11ClO3. The minimum atomic E-state index is -1.07. The molecule has 1 aromatic rings. The molecule has 0 saturated heterocycles. The van der Waals surface area contributed by atoms with E-state index in [1.807, 2.05) is 6.92 Å². The van der Waals surface area contributed by atoms with Gasteiger partial charge in [-0.15, -0.1) is 0 Å². The van der Waals surface area contributed by atoms with E-state index in [0.29, 0.717) is 12.2 Å².